The lowest BCUT2D eigenvalue weighted by Crippen LogP contribution is -2.11. The van der Waals surface area contributed by atoms with Crippen molar-refractivity contribution in [1.29, 1.82) is 0 Å². The summed E-state index contributed by atoms with van der Waals surface area (Å²) in [5.74, 6) is -4.65. The summed E-state index contributed by atoms with van der Waals surface area (Å²) in [5.41, 5.74) is 0. The first-order valence-corrected chi connectivity index (χ1v) is 6.84. The topological polar surface area (TPSA) is 71.4 Å². The molecule has 0 bridgehead atoms. The third-order valence-corrected chi connectivity index (χ3v) is 4.14. The summed E-state index contributed by atoms with van der Waals surface area (Å²) in [7, 11) is -4.58. The van der Waals surface area contributed by atoms with Crippen molar-refractivity contribution in [1.82, 2.24) is 0 Å². The van der Waals surface area contributed by atoms with E-state index in [2.05, 4.69) is 0 Å². The zero-order valence-electron chi connectivity index (χ0n) is 8.34. The van der Waals surface area contributed by atoms with Crippen molar-refractivity contribution in [2.45, 2.75) is 15.5 Å². The molecule has 0 aliphatic heterocycles. The number of carbonyl (C=O) groups is 1. The van der Waals surface area contributed by atoms with E-state index in [1.54, 1.807) is 0 Å². The van der Waals surface area contributed by atoms with Crippen LogP contribution in [0.1, 0.15) is 0 Å². The average molecular weight is 282 g/mol. The molecule has 1 aromatic rings. The number of benzene rings is 1. The molecule has 0 heterocycles. The van der Waals surface area contributed by atoms with E-state index < -0.39 is 26.5 Å². The second-order valence-electron chi connectivity index (χ2n) is 2.96. The van der Waals surface area contributed by atoms with Gasteiger partial charge in [0.15, 0.2) is 0 Å². The molecule has 0 aromatic heterocycles. The molecular formula is C9H8F2O4S2. The van der Waals surface area contributed by atoms with Gasteiger partial charge in [-0.15, -0.1) is 11.8 Å². The van der Waals surface area contributed by atoms with Crippen molar-refractivity contribution in [3.8, 4) is 0 Å². The molecule has 0 radical (unpaired) electrons. The smallest absolute Gasteiger partial charge is 0.341 e. The third kappa shape index (κ3) is 3.67. The molecule has 1 rings (SSSR count). The first kappa shape index (κ1) is 13.9. The number of halogens is 2. The largest absolute Gasteiger partial charge is 0.481 e. The molecule has 0 saturated heterocycles. The number of carboxylic acids is 1. The summed E-state index contributed by atoms with van der Waals surface area (Å²) in [6.45, 7) is 0. The van der Waals surface area contributed by atoms with E-state index in [4.69, 9.17) is 5.11 Å². The molecule has 94 valence electrons. The van der Waals surface area contributed by atoms with Crippen LogP contribution in [0.5, 0.6) is 0 Å². The van der Waals surface area contributed by atoms with Gasteiger partial charge in [-0.3, -0.25) is 4.79 Å². The van der Waals surface area contributed by atoms with Gasteiger partial charge in [-0.05, 0) is 24.3 Å². The lowest BCUT2D eigenvalue weighted by atomic mass is 10.4. The Labute approximate surface area is 101 Å². The van der Waals surface area contributed by atoms with Gasteiger partial charge in [0.1, 0.15) is 0 Å². The highest BCUT2D eigenvalue weighted by Crippen LogP contribution is 2.23. The molecule has 0 saturated carbocycles. The van der Waals surface area contributed by atoms with Gasteiger partial charge in [-0.1, -0.05) is 0 Å². The van der Waals surface area contributed by atoms with Gasteiger partial charge >= 0.3 is 11.7 Å². The van der Waals surface area contributed by atoms with E-state index >= 15 is 0 Å². The van der Waals surface area contributed by atoms with Crippen LogP contribution in [0.4, 0.5) is 8.78 Å². The van der Waals surface area contributed by atoms with E-state index in [0.29, 0.717) is 4.90 Å². The van der Waals surface area contributed by atoms with Crippen LogP contribution in [0, 0.1) is 0 Å². The molecule has 0 aliphatic carbocycles. The fourth-order valence-corrected chi connectivity index (χ4v) is 2.31. The van der Waals surface area contributed by atoms with Gasteiger partial charge in [0.05, 0.1) is 10.6 Å². The minimum absolute atomic E-state index is 0.180. The van der Waals surface area contributed by atoms with Crippen LogP contribution in [-0.2, 0) is 14.6 Å². The zero-order chi connectivity index (χ0) is 13.1. The number of sulfone groups is 1. The molecule has 0 unspecified atom stereocenters. The first-order chi connectivity index (χ1) is 7.84. The average Bonchev–Trinajstić information content (AvgIpc) is 2.26. The van der Waals surface area contributed by atoms with Crippen molar-refractivity contribution in [2.75, 3.05) is 5.75 Å². The van der Waals surface area contributed by atoms with Crippen molar-refractivity contribution < 1.29 is 27.1 Å². The highest BCUT2D eigenvalue weighted by molar-refractivity contribution is 8.00. The number of alkyl halides is 2. The molecule has 0 aliphatic rings. The summed E-state index contributed by atoms with van der Waals surface area (Å²) in [6.07, 6.45) is 0. The van der Waals surface area contributed by atoms with Crippen LogP contribution in [0.15, 0.2) is 34.1 Å². The van der Waals surface area contributed by atoms with Crippen molar-refractivity contribution >= 4 is 27.6 Å². The van der Waals surface area contributed by atoms with Crippen LogP contribution >= 0.6 is 11.8 Å². The normalized spacial score (nSPS) is 11.7. The molecule has 0 fully saturated rings. The van der Waals surface area contributed by atoms with Crippen molar-refractivity contribution in [3.05, 3.63) is 24.3 Å². The van der Waals surface area contributed by atoms with Gasteiger partial charge in [0, 0.05) is 4.90 Å². The van der Waals surface area contributed by atoms with Gasteiger partial charge < -0.3 is 5.11 Å². The molecular weight excluding hydrogens is 274 g/mol. The van der Waals surface area contributed by atoms with Crippen LogP contribution in [0.25, 0.3) is 0 Å². The first-order valence-electron chi connectivity index (χ1n) is 4.31. The molecule has 17 heavy (non-hydrogen) atoms. The Balaban J connectivity index is 2.85. The molecule has 8 heteroatoms. The quantitative estimate of drug-likeness (QED) is 0.835. The number of hydrogen-bond acceptors (Lipinski definition) is 4. The van der Waals surface area contributed by atoms with Crippen molar-refractivity contribution in [3.63, 3.8) is 0 Å². The highest BCUT2D eigenvalue weighted by Gasteiger charge is 2.26. The van der Waals surface area contributed by atoms with Gasteiger partial charge in [-0.25, -0.2) is 8.42 Å². The molecule has 0 spiro atoms. The van der Waals surface area contributed by atoms with E-state index in [0.717, 1.165) is 23.9 Å². The lowest BCUT2D eigenvalue weighted by molar-refractivity contribution is -0.133. The SMILES string of the molecule is O=C(O)CSc1ccc(S(=O)(=O)C(F)F)cc1. The number of thioether (sulfide) groups is 1. The van der Waals surface area contributed by atoms with E-state index in [1.165, 1.54) is 12.1 Å². The Morgan fingerprint density at radius 3 is 2.24 bits per heavy atom. The maximum Gasteiger partial charge on any atom is 0.341 e. The maximum absolute atomic E-state index is 12.2. The Morgan fingerprint density at radius 1 is 1.29 bits per heavy atom. The summed E-state index contributed by atoms with van der Waals surface area (Å²) < 4.78 is 46.5. The van der Waals surface area contributed by atoms with Crippen LogP contribution in [0.2, 0.25) is 0 Å². The Bertz CT molecular complexity index is 496. The van der Waals surface area contributed by atoms with E-state index in [9.17, 15) is 22.0 Å². The summed E-state index contributed by atoms with van der Waals surface area (Å²) in [4.78, 5) is 10.3. The van der Waals surface area contributed by atoms with Gasteiger partial charge in [0.25, 0.3) is 0 Å². The molecule has 0 atom stereocenters. The summed E-state index contributed by atoms with van der Waals surface area (Å²) >= 11 is 0.974. The number of aliphatic carboxylic acids is 1. The van der Waals surface area contributed by atoms with Gasteiger partial charge in [0.2, 0.25) is 9.84 Å². The predicted octanol–water partition coefficient (Wildman–Crippen LogP) is 1.86. The Hall–Kier alpha value is -1.15. The fraction of sp³-hybridized carbons (Fsp3) is 0.222. The lowest BCUT2D eigenvalue weighted by Gasteiger charge is -2.04. The monoisotopic (exact) mass is 282 g/mol. The standard InChI is InChI=1S/C9H8F2O4S2/c10-9(11)17(14,15)7-3-1-6(2-4-7)16-5-8(12)13/h1-4,9H,5H2,(H,12,13). The summed E-state index contributed by atoms with van der Waals surface area (Å²) in [6, 6.07) is 4.66. The zero-order valence-corrected chi connectivity index (χ0v) is 9.97. The Morgan fingerprint density at radius 2 is 1.82 bits per heavy atom. The second kappa shape index (κ2) is 5.46. The second-order valence-corrected chi connectivity index (χ2v) is 5.93. The van der Waals surface area contributed by atoms with Crippen molar-refractivity contribution in [2.24, 2.45) is 0 Å². The fourth-order valence-electron chi connectivity index (χ4n) is 0.973. The van der Waals surface area contributed by atoms with Crippen LogP contribution in [0.3, 0.4) is 0 Å². The molecule has 1 N–H and O–H groups in total. The predicted molar refractivity (Wildman–Crippen MR) is 58.0 cm³/mol. The Kier molecular flexibility index (Phi) is 4.47. The maximum atomic E-state index is 12.2. The van der Waals surface area contributed by atoms with E-state index in [-0.39, 0.29) is 5.75 Å². The highest BCUT2D eigenvalue weighted by atomic mass is 32.2. The third-order valence-electron chi connectivity index (χ3n) is 1.75. The van der Waals surface area contributed by atoms with Crippen LogP contribution < -0.4 is 0 Å². The molecule has 1 aromatic carbocycles. The van der Waals surface area contributed by atoms with Gasteiger partial charge in [-0.2, -0.15) is 8.78 Å². The summed E-state index contributed by atoms with van der Waals surface area (Å²) in [5, 5.41) is 8.42. The van der Waals surface area contributed by atoms with Crippen LogP contribution in [-0.4, -0.2) is 31.0 Å². The van der Waals surface area contributed by atoms with E-state index in [1.807, 2.05) is 0 Å². The molecule has 4 nitrogen and oxygen atoms in total. The minimum atomic E-state index is -4.58. The minimum Gasteiger partial charge on any atom is -0.481 e. The molecule has 0 amide bonds. The number of carboxylic acid groups (broad SMARTS) is 1. The number of hydrogen-bond donors (Lipinski definition) is 1. The number of rotatable bonds is 5.